The summed E-state index contributed by atoms with van der Waals surface area (Å²) in [7, 11) is 3.49. The van der Waals surface area contributed by atoms with E-state index in [0.29, 0.717) is 11.6 Å². The molecule has 1 aromatic heterocycles. The first-order valence-corrected chi connectivity index (χ1v) is 9.93. The summed E-state index contributed by atoms with van der Waals surface area (Å²) < 4.78 is 5.54. The van der Waals surface area contributed by atoms with Gasteiger partial charge in [0.2, 0.25) is 5.82 Å². The zero-order valence-electron chi connectivity index (χ0n) is 19.0. The number of allylic oxidation sites excluding steroid dienone is 5. The third-order valence-corrected chi connectivity index (χ3v) is 4.27. The molecule has 0 aliphatic rings. The standard InChI is InChI=1S/C23H30N6O2/c1-8-9-10-11-16(2)20-25-27-21(28-26-20)19(17-12-14-18(24-6)15-13-17)29(7)22(30)31-23(3,4)5/h8-15,19,24H,1H2,2-7H3/b10-9-,16-11+. The van der Waals surface area contributed by atoms with Gasteiger partial charge in [-0.1, -0.05) is 43.0 Å². The van der Waals surface area contributed by atoms with Crippen molar-refractivity contribution in [2.24, 2.45) is 0 Å². The Bertz CT molecular complexity index is 944. The van der Waals surface area contributed by atoms with Crippen molar-refractivity contribution < 1.29 is 9.53 Å². The van der Waals surface area contributed by atoms with Crippen LogP contribution in [0.25, 0.3) is 5.57 Å². The second kappa shape index (κ2) is 10.5. The molecule has 0 radical (unpaired) electrons. The maximum absolute atomic E-state index is 12.8. The summed E-state index contributed by atoms with van der Waals surface area (Å²) in [4.78, 5) is 14.2. The first kappa shape index (κ1) is 23.7. The summed E-state index contributed by atoms with van der Waals surface area (Å²) in [6.07, 6.45) is 6.68. The number of amides is 1. The minimum Gasteiger partial charge on any atom is -0.444 e. The van der Waals surface area contributed by atoms with Gasteiger partial charge in [0.15, 0.2) is 5.82 Å². The van der Waals surface area contributed by atoms with Crippen molar-refractivity contribution in [3.8, 4) is 0 Å². The third kappa shape index (κ3) is 6.74. The molecule has 164 valence electrons. The summed E-state index contributed by atoms with van der Waals surface area (Å²) in [5.74, 6) is 0.699. The van der Waals surface area contributed by atoms with E-state index in [-0.39, 0.29) is 0 Å². The topological polar surface area (TPSA) is 93.1 Å². The minimum atomic E-state index is -0.631. The molecule has 1 N–H and O–H groups in total. The number of ether oxygens (including phenoxy) is 1. The van der Waals surface area contributed by atoms with Crippen molar-refractivity contribution >= 4 is 17.4 Å². The molecule has 1 atom stereocenters. The molecule has 2 rings (SSSR count). The first-order chi connectivity index (χ1) is 14.7. The zero-order chi connectivity index (χ0) is 23.0. The largest absolute Gasteiger partial charge is 0.444 e. The fraction of sp³-hybridized carbons (Fsp3) is 0.348. The lowest BCUT2D eigenvalue weighted by Crippen LogP contribution is -2.38. The van der Waals surface area contributed by atoms with Gasteiger partial charge in [0.25, 0.3) is 0 Å². The lowest BCUT2D eigenvalue weighted by Gasteiger charge is -2.29. The maximum Gasteiger partial charge on any atom is 0.410 e. The fourth-order valence-corrected chi connectivity index (χ4v) is 2.67. The van der Waals surface area contributed by atoms with Crippen LogP contribution in [0.15, 0.2) is 55.1 Å². The van der Waals surface area contributed by atoms with E-state index in [1.165, 1.54) is 4.90 Å². The molecule has 1 heterocycles. The van der Waals surface area contributed by atoms with Crippen LogP contribution < -0.4 is 5.32 Å². The van der Waals surface area contributed by atoms with Gasteiger partial charge in [-0.25, -0.2) is 4.79 Å². The van der Waals surface area contributed by atoms with Crippen molar-refractivity contribution in [1.82, 2.24) is 25.3 Å². The van der Waals surface area contributed by atoms with Crippen LogP contribution in [0.4, 0.5) is 10.5 Å². The van der Waals surface area contributed by atoms with Gasteiger partial charge in [0.05, 0.1) is 0 Å². The van der Waals surface area contributed by atoms with Crippen molar-refractivity contribution in [3.63, 3.8) is 0 Å². The summed E-state index contributed by atoms with van der Waals surface area (Å²) >= 11 is 0. The summed E-state index contributed by atoms with van der Waals surface area (Å²) in [6.45, 7) is 11.0. The Morgan fingerprint density at radius 3 is 2.26 bits per heavy atom. The second-order valence-electron chi connectivity index (χ2n) is 7.92. The van der Waals surface area contributed by atoms with Crippen LogP contribution in [0.3, 0.4) is 0 Å². The summed E-state index contributed by atoms with van der Waals surface area (Å²) in [6, 6.07) is 7.03. The highest BCUT2D eigenvalue weighted by Crippen LogP contribution is 2.27. The van der Waals surface area contributed by atoms with Crippen LogP contribution in [0, 0.1) is 0 Å². The van der Waals surface area contributed by atoms with Gasteiger partial charge in [-0.05, 0) is 51.0 Å². The number of anilines is 1. The number of nitrogens with zero attached hydrogens (tertiary/aromatic N) is 5. The Labute approximate surface area is 183 Å². The molecule has 0 aliphatic heterocycles. The van der Waals surface area contributed by atoms with E-state index in [4.69, 9.17) is 4.74 Å². The van der Waals surface area contributed by atoms with Crippen LogP contribution in [-0.4, -0.2) is 51.1 Å². The Kier molecular flexibility index (Phi) is 8.01. The van der Waals surface area contributed by atoms with Gasteiger partial charge in [-0.2, -0.15) is 0 Å². The van der Waals surface area contributed by atoms with Crippen molar-refractivity contribution in [1.29, 1.82) is 0 Å². The Balaban J connectivity index is 2.42. The SMILES string of the molecule is C=C/C=C\C=C(/C)c1nnc(C(c2ccc(NC)cc2)N(C)C(=O)OC(C)(C)C)nn1. The number of carbonyl (C=O) groups is 1. The normalized spacial score (nSPS) is 13.0. The van der Waals surface area contributed by atoms with Crippen LogP contribution in [0.2, 0.25) is 0 Å². The molecule has 8 nitrogen and oxygen atoms in total. The highest BCUT2D eigenvalue weighted by atomic mass is 16.6. The summed E-state index contributed by atoms with van der Waals surface area (Å²) in [5, 5.41) is 20.0. The quantitative estimate of drug-likeness (QED) is 0.661. The lowest BCUT2D eigenvalue weighted by molar-refractivity contribution is 0.0241. The molecule has 0 bridgehead atoms. The highest BCUT2D eigenvalue weighted by Gasteiger charge is 2.30. The predicted molar refractivity (Wildman–Crippen MR) is 122 cm³/mol. The van der Waals surface area contributed by atoms with E-state index in [9.17, 15) is 4.79 Å². The first-order valence-electron chi connectivity index (χ1n) is 9.93. The van der Waals surface area contributed by atoms with Crippen LogP contribution >= 0.6 is 0 Å². The smallest absolute Gasteiger partial charge is 0.410 e. The number of hydrogen-bond acceptors (Lipinski definition) is 7. The Morgan fingerprint density at radius 1 is 1.13 bits per heavy atom. The van der Waals surface area contributed by atoms with E-state index in [2.05, 4.69) is 32.3 Å². The van der Waals surface area contributed by atoms with Gasteiger partial charge >= 0.3 is 6.09 Å². The minimum absolute atomic E-state index is 0.295. The van der Waals surface area contributed by atoms with E-state index in [0.717, 1.165) is 16.8 Å². The zero-order valence-corrected chi connectivity index (χ0v) is 19.0. The Morgan fingerprint density at radius 2 is 1.74 bits per heavy atom. The number of benzene rings is 1. The number of carbonyl (C=O) groups excluding carboxylic acids is 1. The molecule has 0 fully saturated rings. The molecule has 0 saturated carbocycles. The molecule has 1 unspecified atom stereocenters. The van der Waals surface area contributed by atoms with Gasteiger partial charge in [-0.3, -0.25) is 4.90 Å². The molecule has 0 spiro atoms. The summed E-state index contributed by atoms with van der Waals surface area (Å²) in [5.41, 5.74) is 1.93. The monoisotopic (exact) mass is 422 g/mol. The number of aromatic nitrogens is 4. The molecule has 1 aromatic carbocycles. The molecule has 2 aromatic rings. The van der Waals surface area contributed by atoms with Crippen molar-refractivity contribution in [2.45, 2.75) is 39.3 Å². The van der Waals surface area contributed by atoms with Crippen LogP contribution in [0.1, 0.15) is 50.9 Å². The lowest BCUT2D eigenvalue weighted by atomic mass is 10.0. The molecule has 31 heavy (non-hydrogen) atoms. The van der Waals surface area contributed by atoms with Crippen LogP contribution in [0.5, 0.6) is 0 Å². The Hall–Kier alpha value is -3.55. The number of rotatable bonds is 7. The van der Waals surface area contributed by atoms with E-state index in [1.807, 2.05) is 71.2 Å². The second-order valence-corrected chi connectivity index (χ2v) is 7.92. The van der Waals surface area contributed by atoms with Crippen LogP contribution in [-0.2, 0) is 4.74 Å². The third-order valence-electron chi connectivity index (χ3n) is 4.27. The van der Waals surface area contributed by atoms with E-state index in [1.54, 1.807) is 19.2 Å². The highest BCUT2D eigenvalue weighted by molar-refractivity contribution is 5.69. The van der Waals surface area contributed by atoms with Gasteiger partial charge in [0.1, 0.15) is 11.6 Å². The van der Waals surface area contributed by atoms with Crippen molar-refractivity contribution in [2.75, 3.05) is 19.4 Å². The molecule has 0 saturated heterocycles. The van der Waals surface area contributed by atoms with Gasteiger partial charge in [-0.15, -0.1) is 20.4 Å². The predicted octanol–water partition coefficient (Wildman–Crippen LogP) is 4.41. The maximum atomic E-state index is 12.8. The van der Waals surface area contributed by atoms with E-state index >= 15 is 0 Å². The molecular weight excluding hydrogens is 392 g/mol. The molecule has 1 amide bonds. The molecule has 0 aliphatic carbocycles. The average molecular weight is 423 g/mol. The molecule has 8 heteroatoms. The number of hydrogen-bond donors (Lipinski definition) is 1. The van der Waals surface area contributed by atoms with Gasteiger partial charge < -0.3 is 10.1 Å². The number of nitrogens with one attached hydrogen (secondary N) is 1. The molecular formula is C23H30N6O2. The average Bonchev–Trinajstić information content (AvgIpc) is 2.73. The fourth-order valence-electron chi connectivity index (χ4n) is 2.67. The van der Waals surface area contributed by atoms with Gasteiger partial charge in [0, 0.05) is 19.8 Å². The van der Waals surface area contributed by atoms with E-state index < -0.39 is 17.7 Å². The van der Waals surface area contributed by atoms with Crippen molar-refractivity contribution in [3.05, 3.63) is 72.4 Å².